The van der Waals surface area contributed by atoms with Gasteiger partial charge in [0.1, 0.15) is 17.7 Å². The number of Topliss-reactive ketones (excluding diaryl/α,β-unsaturated/α-hetero) is 1. The van der Waals surface area contributed by atoms with Crippen molar-refractivity contribution in [1.82, 2.24) is 9.55 Å². The first kappa shape index (κ1) is 22.6. The van der Waals surface area contributed by atoms with Gasteiger partial charge in [-0.05, 0) is 41.8 Å². The predicted molar refractivity (Wildman–Crippen MR) is 143 cm³/mol. The van der Waals surface area contributed by atoms with Gasteiger partial charge in [0.25, 0.3) is 5.89 Å². The Morgan fingerprint density at radius 3 is 2.21 bits per heavy atom. The first-order valence-corrected chi connectivity index (χ1v) is 11.7. The second kappa shape index (κ2) is 9.28. The van der Waals surface area contributed by atoms with E-state index in [4.69, 9.17) is 4.42 Å². The molecule has 2 aromatic heterocycles. The van der Waals surface area contributed by atoms with Crippen LogP contribution in [0.25, 0.3) is 28.6 Å². The number of carbonyl (C=O) groups is 1. The number of hydrogen-bond acceptors (Lipinski definition) is 5. The zero-order valence-corrected chi connectivity index (χ0v) is 19.8. The van der Waals surface area contributed by atoms with Gasteiger partial charge >= 0.3 is 0 Å². The zero-order valence-electron chi connectivity index (χ0n) is 19.8. The molecule has 0 unspecified atom stereocenters. The quantitative estimate of drug-likeness (QED) is 0.170. The highest BCUT2D eigenvalue weighted by atomic mass is 16.3. The van der Waals surface area contributed by atoms with E-state index >= 15 is 0 Å². The van der Waals surface area contributed by atoms with Gasteiger partial charge in [-0.25, -0.2) is 0 Å². The van der Waals surface area contributed by atoms with Crippen molar-refractivity contribution in [2.24, 2.45) is 0 Å². The highest BCUT2D eigenvalue weighted by molar-refractivity contribution is 6.29. The summed E-state index contributed by atoms with van der Waals surface area (Å²) in [6.07, 6.45) is 1.69. The number of allylic oxidation sites excluding steroid dienone is 3. The Morgan fingerprint density at radius 2 is 1.50 bits per heavy atom. The molecule has 0 saturated carbocycles. The van der Waals surface area contributed by atoms with E-state index in [1.165, 1.54) is 0 Å². The van der Waals surface area contributed by atoms with Crippen LogP contribution in [0.2, 0.25) is 0 Å². The highest BCUT2D eigenvalue weighted by Crippen LogP contribution is 2.40. The number of nitriles is 2. The molecule has 0 spiro atoms. The van der Waals surface area contributed by atoms with Crippen molar-refractivity contribution < 1.29 is 9.21 Å². The van der Waals surface area contributed by atoms with Gasteiger partial charge in [-0.1, -0.05) is 66.6 Å². The Hall–Kier alpha value is -5.90. The maximum Gasteiger partial charge on any atom is 0.276 e. The van der Waals surface area contributed by atoms with E-state index in [9.17, 15) is 15.3 Å². The minimum atomic E-state index is -0.251. The number of carbonyl (C=O) groups excluding carboxylic acids is 1. The van der Waals surface area contributed by atoms with Crippen LogP contribution in [0.3, 0.4) is 0 Å². The Morgan fingerprint density at radius 1 is 0.842 bits per heavy atom. The Kier molecular flexibility index (Phi) is 5.51. The third-order valence-corrected chi connectivity index (χ3v) is 6.21. The molecule has 0 aliphatic heterocycles. The second-order valence-corrected chi connectivity index (χ2v) is 8.47. The minimum absolute atomic E-state index is 0.118. The summed E-state index contributed by atoms with van der Waals surface area (Å²) in [5.74, 6) is 6.04. The lowest BCUT2D eigenvalue weighted by atomic mass is 9.99. The number of para-hydroxylation sites is 1. The average Bonchev–Trinajstić information content (AvgIpc) is 3.59. The molecule has 2 heterocycles. The van der Waals surface area contributed by atoms with Crippen molar-refractivity contribution in [2.75, 3.05) is 0 Å². The lowest BCUT2D eigenvalue weighted by Gasteiger charge is -2.08. The molecule has 1 aliphatic rings. The van der Waals surface area contributed by atoms with Crippen LogP contribution in [0.15, 0.2) is 107 Å². The van der Waals surface area contributed by atoms with Gasteiger partial charge in [-0.15, -0.1) is 0 Å². The Balaban J connectivity index is 1.55. The van der Waals surface area contributed by atoms with Gasteiger partial charge in [0, 0.05) is 34.0 Å². The van der Waals surface area contributed by atoms with Crippen LogP contribution in [0, 0.1) is 34.5 Å². The number of aromatic nitrogens is 2. The molecule has 6 heteroatoms. The van der Waals surface area contributed by atoms with Crippen molar-refractivity contribution in [1.29, 1.82) is 10.5 Å². The first-order chi connectivity index (χ1) is 18.7. The van der Waals surface area contributed by atoms with Crippen LogP contribution in [0.5, 0.6) is 0 Å². The van der Waals surface area contributed by atoms with Crippen molar-refractivity contribution >= 4 is 28.7 Å². The van der Waals surface area contributed by atoms with Gasteiger partial charge < -0.3 is 4.42 Å². The maximum atomic E-state index is 13.4. The van der Waals surface area contributed by atoms with Gasteiger partial charge in [-0.2, -0.15) is 15.5 Å². The largest absolute Gasteiger partial charge is 0.428 e. The summed E-state index contributed by atoms with van der Waals surface area (Å²) < 4.78 is 7.83. The standard InChI is InChI=1S/C32H16N4O2/c33-19-22(20-34)30-25-13-7-8-14-26(25)31(37)27(30)17-24-18-28-32(36(24)23-11-5-2-6-12-23)35-29(38-28)16-15-21-9-3-1-4-10-21/h1-14,17-18H/b27-17-. The number of fused-ring (bicyclic) bond motifs is 2. The number of benzene rings is 3. The monoisotopic (exact) mass is 488 g/mol. The van der Waals surface area contributed by atoms with Crippen LogP contribution in [-0.2, 0) is 0 Å². The fourth-order valence-corrected chi connectivity index (χ4v) is 4.55. The number of ketones is 1. The number of nitrogens with zero attached hydrogens (tertiary/aromatic N) is 4. The van der Waals surface area contributed by atoms with E-state index in [2.05, 4.69) is 16.8 Å². The molecule has 0 amide bonds. The van der Waals surface area contributed by atoms with E-state index in [1.807, 2.05) is 77.4 Å². The number of oxazole rings is 1. The van der Waals surface area contributed by atoms with Crippen molar-refractivity contribution in [2.45, 2.75) is 0 Å². The summed E-state index contributed by atoms with van der Waals surface area (Å²) in [5.41, 5.74) is 4.80. The number of rotatable bonds is 2. The lowest BCUT2D eigenvalue weighted by Crippen LogP contribution is -2.00. The van der Waals surface area contributed by atoms with Crippen LogP contribution >= 0.6 is 0 Å². The molecule has 1 aliphatic carbocycles. The molecule has 6 rings (SSSR count). The highest BCUT2D eigenvalue weighted by Gasteiger charge is 2.32. The molecule has 0 saturated heterocycles. The van der Waals surface area contributed by atoms with E-state index in [-0.39, 0.29) is 22.8 Å². The fourth-order valence-electron chi connectivity index (χ4n) is 4.55. The SMILES string of the molecule is N#CC(C#N)=C1/C(=C/c2cc3oc(C#Cc4ccccc4)nc3n2-c2ccccc2)C(=O)c2ccccc21. The van der Waals surface area contributed by atoms with Crippen LogP contribution in [0.1, 0.15) is 33.1 Å². The molecule has 0 bridgehead atoms. The van der Waals surface area contributed by atoms with Crippen LogP contribution in [0.4, 0.5) is 0 Å². The van der Waals surface area contributed by atoms with Crippen LogP contribution in [-0.4, -0.2) is 15.3 Å². The molecular formula is C32H16N4O2. The molecule has 6 nitrogen and oxygen atoms in total. The topological polar surface area (TPSA) is 95.6 Å². The van der Waals surface area contributed by atoms with E-state index < -0.39 is 0 Å². The second-order valence-electron chi connectivity index (χ2n) is 8.47. The third-order valence-electron chi connectivity index (χ3n) is 6.21. The molecule has 0 atom stereocenters. The molecule has 176 valence electrons. The molecule has 38 heavy (non-hydrogen) atoms. The maximum absolute atomic E-state index is 13.4. The smallest absolute Gasteiger partial charge is 0.276 e. The first-order valence-electron chi connectivity index (χ1n) is 11.7. The van der Waals surface area contributed by atoms with E-state index in [0.717, 1.165) is 11.3 Å². The Bertz CT molecular complexity index is 1930. The fraction of sp³-hybridized carbons (Fsp3) is 0. The third kappa shape index (κ3) is 3.78. The summed E-state index contributed by atoms with van der Waals surface area (Å²) in [6, 6.07) is 31.8. The summed E-state index contributed by atoms with van der Waals surface area (Å²) >= 11 is 0. The van der Waals surface area contributed by atoms with Crippen molar-refractivity contribution in [3.8, 4) is 29.7 Å². The van der Waals surface area contributed by atoms with Gasteiger partial charge in [-0.3, -0.25) is 9.36 Å². The van der Waals surface area contributed by atoms with E-state index in [1.54, 1.807) is 36.4 Å². The normalized spacial score (nSPS) is 13.1. The molecule has 0 fully saturated rings. The summed E-state index contributed by atoms with van der Waals surface area (Å²) in [6.45, 7) is 0. The predicted octanol–water partition coefficient (Wildman–Crippen LogP) is 6.10. The zero-order chi connectivity index (χ0) is 26.1. The Labute approximate surface area is 218 Å². The molecule has 3 aromatic carbocycles. The van der Waals surface area contributed by atoms with Crippen molar-refractivity contribution in [3.63, 3.8) is 0 Å². The summed E-state index contributed by atoms with van der Waals surface area (Å²) in [5, 5.41) is 19.3. The average molecular weight is 489 g/mol. The lowest BCUT2D eigenvalue weighted by molar-refractivity contribution is 0.104. The summed E-state index contributed by atoms with van der Waals surface area (Å²) in [7, 11) is 0. The molecule has 0 N–H and O–H groups in total. The van der Waals surface area contributed by atoms with Gasteiger partial charge in [0.2, 0.25) is 0 Å². The van der Waals surface area contributed by atoms with Gasteiger partial charge in [0.05, 0.1) is 5.69 Å². The van der Waals surface area contributed by atoms with Crippen LogP contribution < -0.4 is 0 Å². The molecule has 0 radical (unpaired) electrons. The minimum Gasteiger partial charge on any atom is -0.428 e. The number of hydrogen-bond donors (Lipinski definition) is 0. The van der Waals surface area contributed by atoms with Gasteiger partial charge in [0.15, 0.2) is 17.0 Å². The molecule has 5 aromatic rings. The van der Waals surface area contributed by atoms with E-state index in [0.29, 0.717) is 33.6 Å². The van der Waals surface area contributed by atoms with Crippen molar-refractivity contribution in [3.05, 3.63) is 130 Å². The molecular weight excluding hydrogens is 472 g/mol. The summed E-state index contributed by atoms with van der Waals surface area (Å²) in [4.78, 5) is 18.1.